The Labute approximate surface area is 194 Å². The molecule has 2 N–H and O–H groups in total. The molecule has 2 radical (unpaired) electrons. The van der Waals surface area contributed by atoms with E-state index >= 15 is 0 Å². The molecule has 24 heavy (non-hydrogen) atoms. The summed E-state index contributed by atoms with van der Waals surface area (Å²) in [6, 6.07) is 0. The number of rotatable bonds is 8. The van der Waals surface area contributed by atoms with Crippen molar-refractivity contribution in [1.29, 1.82) is 0 Å². The molecule has 0 amide bonds. The molecule has 0 aromatic heterocycles. The van der Waals surface area contributed by atoms with Gasteiger partial charge in [0.15, 0.2) is 0 Å². The number of aliphatic hydroxyl groups is 2. The smallest absolute Gasteiger partial charge is 0.434 e. The Balaban J connectivity index is -0.000000154. The summed E-state index contributed by atoms with van der Waals surface area (Å²) in [5.74, 6) is 0.302. The summed E-state index contributed by atoms with van der Waals surface area (Å²) in [5.41, 5.74) is 0. The van der Waals surface area contributed by atoms with E-state index in [4.69, 9.17) is 14.9 Å². The third kappa shape index (κ3) is 27.5. The molecule has 0 saturated heterocycles. The quantitative estimate of drug-likeness (QED) is 0.483. The fourth-order valence-electron chi connectivity index (χ4n) is 0.816. The van der Waals surface area contributed by atoms with E-state index in [0.717, 1.165) is 6.42 Å². The molecule has 0 saturated carbocycles. The Kier molecular flexibility index (Phi) is 31.9. The van der Waals surface area contributed by atoms with E-state index in [0.29, 0.717) is 12.5 Å². The van der Waals surface area contributed by atoms with Gasteiger partial charge in [0.2, 0.25) is 0 Å². The molecule has 10 heteroatoms. The van der Waals surface area contributed by atoms with Crippen molar-refractivity contribution in [3.63, 3.8) is 0 Å². The first-order chi connectivity index (χ1) is 10.4. The van der Waals surface area contributed by atoms with Gasteiger partial charge in [0, 0.05) is 65.4 Å². The summed E-state index contributed by atoms with van der Waals surface area (Å²) in [5, 5.41) is 16.5. The second-order valence-electron chi connectivity index (χ2n) is 4.69. The topological polar surface area (TPSA) is 112 Å². The zero-order valence-electron chi connectivity index (χ0n) is 14.9. The second kappa shape index (κ2) is 23.7. The standard InChI is InChI=1S/2C7H14O4.2Y/c1-6(2)5-11-7(9)10-4-3-8;1-3-6(2)11-7(9)10-5-4-8;;/h2*6,8H,3-5H2,1-2H3;;. The first-order valence-electron chi connectivity index (χ1n) is 7.21. The van der Waals surface area contributed by atoms with Crippen molar-refractivity contribution < 1.29 is 104 Å². The Bertz CT molecular complexity index is 290. The van der Waals surface area contributed by atoms with Crippen molar-refractivity contribution in [2.45, 2.75) is 40.2 Å². The monoisotopic (exact) mass is 502 g/mol. The van der Waals surface area contributed by atoms with Crippen LogP contribution in [0.5, 0.6) is 0 Å². The first kappa shape index (κ1) is 32.3. The van der Waals surface area contributed by atoms with Gasteiger partial charge in [-0.05, 0) is 19.3 Å². The Hall–Kier alpha value is 0.668. The van der Waals surface area contributed by atoms with Crippen LogP contribution in [0.4, 0.5) is 9.59 Å². The molecule has 1 unspecified atom stereocenters. The van der Waals surface area contributed by atoms with Crippen LogP contribution in [0.25, 0.3) is 0 Å². The van der Waals surface area contributed by atoms with Gasteiger partial charge >= 0.3 is 12.3 Å². The molecule has 8 nitrogen and oxygen atoms in total. The maximum Gasteiger partial charge on any atom is 0.508 e. The molecule has 1 atom stereocenters. The summed E-state index contributed by atoms with van der Waals surface area (Å²) < 4.78 is 18.2. The minimum absolute atomic E-state index is 0. The molecule has 138 valence electrons. The van der Waals surface area contributed by atoms with E-state index in [9.17, 15) is 9.59 Å². The average molecular weight is 502 g/mol. The molecule has 0 aromatic carbocycles. The fourth-order valence-corrected chi connectivity index (χ4v) is 0.816. The van der Waals surface area contributed by atoms with Crippen molar-refractivity contribution in [2.24, 2.45) is 5.92 Å². The fraction of sp³-hybridized carbons (Fsp3) is 0.857. The summed E-state index contributed by atoms with van der Waals surface area (Å²) in [6.07, 6.45) is -0.795. The van der Waals surface area contributed by atoms with E-state index in [1.165, 1.54) is 0 Å². The summed E-state index contributed by atoms with van der Waals surface area (Å²) >= 11 is 0. The Morgan fingerprint density at radius 2 is 1.33 bits per heavy atom. The van der Waals surface area contributed by atoms with Crippen molar-refractivity contribution in [2.75, 3.05) is 33.0 Å². The number of hydrogen-bond acceptors (Lipinski definition) is 8. The maximum atomic E-state index is 10.6. The van der Waals surface area contributed by atoms with Crippen LogP contribution in [0, 0.1) is 5.92 Å². The maximum absolute atomic E-state index is 10.6. The molecule has 0 bridgehead atoms. The molecule has 0 aromatic rings. The molecule has 0 aliphatic rings. The van der Waals surface area contributed by atoms with Gasteiger partial charge < -0.3 is 29.2 Å². The summed E-state index contributed by atoms with van der Waals surface area (Å²) in [4.78, 5) is 21.2. The van der Waals surface area contributed by atoms with Gasteiger partial charge in [0.25, 0.3) is 0 Å². The largest absolute Gasteiger partial charge is 0.508 e. The van der Waals surface area contributed by atoms with Crippen molar-refractivity contribution in [1.82, 2.24) is 0 Å². The van der Waals surface area contributed by atoms with Crippen LogP contribution in [-0.4, -0.2) is 61.7 Å². The number of carbonyl (C=O) groups excluding carboxylic acids is 2. The molecule has 0 heterocycles. The molecule has 0 rings (SSSR count). The summed E-state index contributed by atoms with van der Waals surface area (Å²) in [7, 11) is 0. The van der Waals surface area contributed by atoms with E-state index < -0.39 is 12.3 Å². The van der Waals surface area contributed by atoms with Gasteiger partial charge in [-0.2, -0.15) is 0 Å². The van der Waals surface area contributed by atoms with E-state index in [2.05, 4.69) is 14.2 Å². The van der Waals surface area contributed by atoms with Crippen LogP contribution in [0.3, 0.4) is 0 Å². The predicted molar refractivity (Wildman–Crippen MR) is 78.5 cm³/mol. The predicted octanol–water partition coefficient (Wildman–Crippen LogP) is 1.71. The van der Waals surface area contributed by atoms with Crippen LogP contribution in [0.15, 0.2) is 0 Å². The van der Waals surface area contributed by atoms with Gasteiger partial charge in [-0.1, -0.05) is 20.8 Å². The van der Waals surface area contributed by atoms with Crippen LogP contribution < -0.4 is 0 Å². The average Bonchev–Trinajstić information content (AvgIpc) is 2.49. The van der Waals surface area contributed by atoms with E-state index in [-0.39, 0.29) is 97.9 Å². The van der Waals surface area contributed by atoms with Crippen LogP contribution >= 0.6 is 0 Å². The van der Waals surface area contributed by atoms with Gasteiger partial charge in [0.1, 0.15) is 19.3 Å². The molecule has 0 aliphatic carbocycles. The molecule has 0 fully saturated rings. The van der Waals surface area contributed by atoms with E-state index in [1.807, 2.05) is 20.8 Å². The van der Waals surface area contributed by atoms with Crippen molar-refractivity contribution >= 4 is 12.3 Å². The zero-order valence-corrected chi connectivity index (χ0v) is 20.6. The van der Waals surface area contributed by atoms with Gasteiger partial charge in [-0.3, -0.25) is 0 Å². The number of aliphatic hydroxyl groups excluding tert-OH is 2. The minimum atomic E-state index is -0.715. The minimum Gasteiger partial charge on any atom is -0.434 e. The van der Waals surface area contributed by atoms with E-state index in [1.54, 1.807) is 6.92 Å². The van der Waals surface area contributed by atoms with Gasteiger partial charge in [-0.25, -0.2) is 9.59 Å². The Morgan fingerprint density at radius 3 is 1.71 bits per heavy atom. The normalized spacial score (nSPS) is 10.1. The molecule has 0 aliphatic heterocycles. The van der Waals surface area contributed by atoms with Crippen molar-refractivity contribution in [3.8, 4) is 0 Å². The van der Waals surface area contributed by atoms with Gasteiger partial charge in [-0.15, -0.1) is 0 Å². The van der Waals surface area contributed by atoms with Crippen molar-refractivity contribution in [3.05, 3.63) is 0 Å². The van der Waals surface area contributed by atoms with Crippen LogP contribution in [0.2, 0.25) is 0 Å². The SMILES string of the molecule is CC(C)COC(=O)OCCO.CCC(C)OC(=O)OCCO.[Y].[Y]. The van der Waals surface area contributed by atoms with Crippen LogP contribution in [-0.2, 0) is 84.4 Å². The molecular weight excluding hydrogens is 474 g/mol. The Morgan fingerprint density at radius 1 is 0.875 bits per heavy atom. The number of ether oxygens (including phenoxy) is 4. The third-order valence-electron chi connectivity index (χ3n) is 2.03. The molecule has 0 spiro atoms. The third-order valence-corrected chi connectivity index (χ3v) is 2.03. The van der Waals surface area contributed by atoms with Gasteiger partial charge in [0.05, 0.1) is 19.8 Å². The second-order valence-corrected chi connectivity index (χ2v) is 4.69. The zero-order chi connectivity index (χ0) is 17.4. The number of carbonyl (C=O) groups is 2. The number of hydrogen-bond donors (Lipinski definition) is 2. The summed E-state index contributed by atoms with van der Waals surface area (Å²) in [6.45, 7) is 7.55. The first-order valence-corrected chi connectivity index (χ1v) is 7.21. The molecular formula is C14H28O8Y2. The van der Waals surface area contributed by atoms with Crippen LogP contribution in [0.1, 0.15) is 34.1 Å².